The van der Waals surface area contributed by atoms with Crippen molar-refractivity contribution in [1.82, 2.24) is 9.55 Å². The van der Waals surface area contributed by atoms with Gasteiger partial charge in [0.1, 0.15) is 11.9 Å². The molecule has 0 bridgehead atoms. The van der Waals surface area contributed by atoms with E-state index in [2.05, 4.69) is 4.98 Å². The Bertz CT molecular complexity index is 597. The van der Waals surface area contributed by atoms with E-state index in [1.807, 2.05) is 11.6 Å². The zero-order chi connectivity index (χ0) is 13.1. The number of aromatic nitrogens is 2. The van der Waals surface area contributed by atoms with Gasteiger partial charge in [0, 0.05) is 31.4 Å². The third kappa shape index (κ3) is 2.39. The summed E-state index contributed by atoms with van der Waals surface area (Å²) in [5.41, 5.74) is 7.71. The van der Waals surface area contributed by atoms with Crippen LogP contribution in [0.4, 0.5) is 4.39 Å². The SMILES string of the molecule is Cn1cncc1CC(N)c1ccc(C#N)c(F)c1. The molecule has 2 aromatic rings. The highest BCUT2D eigenvalue weighted by Crippen LogP contribution is 2.18. The van der Waals surface area contributed by atoms with Gasteiger partial charge in [-0.1, -0.05) is 6.07 Å². The first-order valence-corrected chi connectivity index (χ1v) is 5.52. The predicted octanol–water partition coefficient (Wildman–Crippen LogP) is 1.67. The smallest absolute Gasteiger partial charge is 0.141 e. The minimum Gasteiger partial charge on any atom is -0.338 e. The number of nitriles is 1. The van der Waals surface area contributed by atoms with Crippen molar-refractivity contribution < 1.29 is 4.39 Å². The molecule has 0 aliphatic rings. The normalized spacial score (nSPS) is 12.1. The van der Waals surface area contributed by atoms with Gasteiger partial charge in [0.15, 0.2) is 0 Å². The minimum atomic E-state index is -0.532. The lowest BCUT2D eigenvalue weighted by Gasteiger charge is -2.12. The molecule has 4 nitrogen and oxygen atoms in total. The van der Waals surface area contributed by atoms with E-state index in [0.29, 0.717) is 12.0 Å². The first kappa shape index (κ1) is 12.3. The van der Waals surface area contributed by atoms with Crippen molar-refractivity contribution in [3.63, 3.8) is 0 Å². The minimum absolute atomic E-state index is 0.0338. The van der Waals surface area contributed by atoms with E-state index < -0.39 is 5.82 Å². The number of halogens is 1. The summed E-state index contributed by atoms with van der Waals surface area (Å²) in [4.78, 5) is 4.00. The molecule has 92 valence electrons. The van der Waals surface area contributed by atoms with Crippen molar-refractivity contribution >= 4 is 0 Å². The van der Waals surface area contributed by atoms with Gasteiger partial charge in [0.2, 0.25) is 0 Å². The maximum Gasteiger partial charge on any atom is 0.141 e. The number of rotatable bonds is 3. The highest BCUT2D eigenvalue weighted by molar-refractivity contribution is 5.34. The van der Waals surface area contributed by atoms with Gasteiger partial charge in [-0.2, -0.15) is 5.26 Å². The fraction of sp³-hybridized carbons (Fsp3) is 0.231. The number of nitrogens with zero attached hydrogens (tertiary/aromatic N) is 3. The molecule has 0 spiro atoms. The fourth-order valence-corrected chi connectivity index (χ4v) is 1.78. The predicted molar refractivity (Wildman–Crippen MR) is 65.0 cm³/mol. The molecule has 0 radical (unpaired) electrons. The van der Waals surface area contributed by atoms with Crippen LogP contribution < -0.4 is 5.73 Å². The van der Waals surface area contributed by atoms with Gasteiger partial charge in [0.05, 0.1) is 11.9 Å². The van der Waals surface area contributed by atoms with Crippen LogP contribution >= 0.6 is 0 Å². The largest absolute Gasteiger partial charge is 0.338 e. The Kier molecular flexibility index (Phi) is 3.40. The molecule has 0 fully saturated rings. The average Bonchev–Trinajstić information content (AvgIpc) is 2.75. The van der Waals surface area contributed by atoms with Crippen LogP contribution in [0.1, 0.15) is 22.9 Å². The molecule has 0 amide bonds. The van der Waals surface area contributed by atoms with Crippen LogP contribution in [-0.4, -0.2) is 9.55 Å². The van der Waals surface area contributed by atoms with Gasteiger partial charge >= 0.3 is 0 Å². The monoisotopic (exact) mass is 244 g/mol. The second-order valence-electron chi connectivity index (χ2n) is 4.16. The van der Waals surface area contributed by atoms with Crippen LogP contribution in [0.2, 0.25) is 0 Å². The van der Waals surface area contributed by atoms with Gasteiger partial charge in [0.25, 0.3) is 0 Å². The Morgan fingerprint density at radius 3 is 2.89 bits per heavy atom. The molecule has 0 saturated heterocycles. The summed E-state index contributed by atoms with van der Waals surface area (Å²) in [6, 6.07) is 5.92. The Labute approximate surface area is 104 Å². The van der Waals surface area contributed by atoms with Crippen LogP contribution in [0, 0.1) is 17.1 Å². The number of nitrogens with two attached hydrogens (primary N) is 1. The zero-order valence-electron chi connectivity index (χ0n) is 9.97. The van der Waals surface area contributed by atoms with Crippen molar-refractivity contribution in [1.29, 1.82) is 5.26 Å². The summed E-state index contributed by atoms with van der Waals surface area (Å²) < 4.78 is 15.3. The van der Waals surface area contributed by atoms with Crippen molar-refractivity contribution in [2.24, 2.45) is 12.8 Å². The van der Waals surface area contributed by atoms with E-state index in [1.165, 1.54) is 12.1 Å². The fourth-order valence-electron chi connectivity index (χ4n) is 1.78. The summed E-state index contributed by atoms with van der Waals surface area (Å²) in [6.45, 7) is 0. The number of imidazole rings is 1. The first-order chi connectivity index (χ1) is 8.61. The summed E-state index contributed by atoms with van der Waals surface area (Å²) in [7, 11) is 1.88. The molecule has 0 aliphatic heterocycles. The second kappa shape index (κ2) is 4.98. The van der Waals surface area contributed by atoms with E-state index in [0.717, 1.165) is 5.69 Å². The molecule has 1 aromatic heterocycles. The van der Waals surface area contributed by atoms with Crippen molar-refractivity contribution in [3.8, 4) is 6.07 Å². The lowest BCUT2D eigenvalue weighted by molar-refractivity contribution is 0.612. The Balaban J connectivity index is 2.19. The van der Waals surface area contributed by atoms with Crippen LogP contribution in [0.25, 0.3) is 0 Å². The van der Waals surface area contributed by atoms with E-state index in [-0.39, 0.29) is 11.6 Å². The molecule has 1 unspecified atom stereocenters. The van der Waals surface area contributed by atoms with E-state index in [4.69, 9.17) is 11.0 Å². The zero-order valence-corrected chi connectivity index (χ0v) is 9.97. The Hall–Kier alpha value is -2.19. The molecule has 5 heteroatoms. The molecule has 2 rings (SSSR count). The van der Waals surface area contributed by atoms with Crippen LogP contribution in [0.15, 0.2) is 30.7 Å². The molecular formula is C13H13FN4. The van der Waals surface area contributed by atoms with Gasteiger partial charge < -0.3 is 10.3 Å². The van der Waals surface area contributed by atoms with Gasteiger partial charge in [-0.25, -0.2) is 9.37 Å². The number of benzene rings is 1. The Morgan fingerprint density at radius 1 is 1.56 bits per heavy atom. The maximum absolute atomic E-state index is 13.5. The van der Waals surface area contributed by atoms with Crippen molar-refractivity contribution in [2.75, 3.05) is 0 Å². The maximum atomic E-state index is 13.5. The summed E-state index contributed by atoms with van der Waals surface area (Å²) in [6.07, 6.45) is 4.00. The molecule has 2 N–H and O–H groups in total. The summed E-state index contributed by atoms with van der Waals surface area (Å²) in [5.74, 6) is -0.532. The first-order valence-electron chi connectivity index (χ1n) is 5.52. The van der Waals surface area contributed by atoms with Gasteiger partial charge in [-0.3, -0.25) is 0 Å². The highest BCUT2D eigenvalue weighted by Gasteiger charge is 2.12. The van der Waals surface area contributed by atoms with Gasteiger partial charge in [-0.05, 0) is 17.7 Å². The topological polar surface area (TPSA) is 67.6 Å². The van der Waals surface area contributed by atoms with Crippen molar-refractivity contribution in [2.45, 2.75) is 12.5 Å². The summed E-state index contributed by atoms with van der Waals surface area (Å²) in [5, 5.41) is 8.66. The molecule has 1 heterocycles. The van der Waals surface area contributed by atoms with Crippen LogP contribution in [0.5, 0.6) is 0 Å². The lowest BCUT2D eigenvalue weighted by atomic mass is 10.0. The third-order valence-corrected chi connectivity index (χ3v) is 2.89. The third-order valence-electron chi connectivity index (χ3n) is 2.89. The molecule has 18 heavy (non-hydrogen) atoms. The van der Waals surface area contributed by atoms with Crippen LogP contribution in [0.3, 0.4) is 0 Å². The quantitative estimate of drug-likeness (QED) is 0.893. The molecule has 1 atom stereocenters. The van der Waals surface area contributed by atoms with E-state index in [9.17, 15) is 4.39 Å². The molecule has 0 aliphatic carbocycles. The van der Waals surface area contributed by atoms with E-state index in [1.54, 1.807) is 24.7 Å². The number of aryl methyl sites for hydroxylation is 1. The van der Waals surface area contributed by atoms with Crippen molar-refractivity contribution in [3.05, 3.63) is 53.4 Å². The van der Waals surface area contributed by atoms with E-state index >= 15 is 0 Å². The standard InChI is InChI=1S/C13H13FN4/c1-18-8-17-7-11(18)5-13(16)9-2-3-10(6-15)12(14)4-9/h2-4,7-8,13H,5,16H2,1H3. The number of hydrogen-bond acceptors (Lipinski definition) is 3. The average molecular weight is 244 g/mol. The Morgan fingerprint density at radius 2 is 2.33 bits per heavy atom. The highest BCUT2D eigenvalue weighted by atomic mass is 19.1. The lowest BCUT2D eigenvalue weighted by Crippen LogP contribution is -2.15. The molecular weight excluding hydrogens is 231 g/mol. The molecule has 0 saturated carbocycles. The molecule has 1 aromatic carbocycles. The van der Waals surface area contributed by atoms with Crippen LogP contribution in [-0.2, 0) is 13.5 Å². The number of hydrogen-bond donors (Lipinski definition) is 1. The second-order valence-corrected chi connectivity index (χ2v) is 4.16. The summed E-state index contributed by atoms with van der Waals surface area (Å²) >= 11 is 0. The van der Waals surface area contributed by atoms with Gasteiger partial charge in [-0.15, -0.1) is 0 Å².